The van der Waals surface area contributed by atoms with E-state index in [1.165, 1.54) is 27.6 Å². The van der Waals surface area contributed by atoms with Crippen LogP contribution in [0.3, 0.4) is 0 Å². The van der Waals surface area contributed by atoms with Gasteiger partial charge in [-0.2, -0.15) is 0 Å². The number of carbonyl (C=O) groups excluding carboxylic acids is 3. The summed E-state index contributed by atoms with van der Waals surface area (Å²) >= 11 is 8.68. The number of nitrogens with zero attached hydrogens (tertiary/aromatic N) is 2. The molecule has 2 aromatic heterocycles. The largest absolute Gasteiger partial charge is 0.302 e. The van der Waals surface area contributed by atoms with Gasteiger partial charge < -0.3 is 5.32 Å². The summed E-state index contributed by atoms with van der Waals surface area (Å²) in [6.45, 7) is 0.106. The summed E-state index contributed by atoms with van der Waals surface area (Å²) in [7, 11) is 0. The number of allylic oxidation sites excluding steroid dienone is 2. The van der Waals surface area contributed by atoms with Crippen LogP contribution in [0.1, 0.15) is 19.3 Å². The molecule has 2 atom stereocenters. The fourth-order valence-corrected chi connectivity index (χ4v) is 5.19. The lowest BCUT2D eigenvalue weighted by molar-refractivity contribution is -0.140. The lowest BCUT2D eigenvalue weighted by atomic mass is 9.85. The molecular weight excluding hydrogens is 406 g/mol. The van der Waals surface area contributed by atoms with E-state index in [1.54, 1.807) is 6.07 Å². The van der Waals surface area contributed by atoms with Gasteiger partial charge in [0, 0.05) is 18.3 Å². The maximum atomic E-state index is 12.4. The fraction of sp³-hybridized carbons (Fsp3) is 0.333. The van der Waals surface area contributed by atoms with Gasteiger partial charge in [-0.3, -0.25) is 19.3 Å². The number of nitrogens with one attached hydrogen (secondary N) is 1. The van der Waals surface area contributed by atoms with Gasteiger partial charge in [-0.05, 0) is 25.0 Å². The Morgan fingerprint density at radius 2 is 1.93 bits per heavy atom. The zero-order valence-corrected chi connectivity index (χ0v) is 16.6. The van der Waals surface area contributed by atoms with Gasteiger partial charge in [0.05, 0.1) is 26.7 Å². The number of rotatable bonds is 5. The standard InChI is InChI=1S/C18H16ClN3O3S2/c19-14-6-5-13(27-14)12-9-26-18(20-12)21-15(23)7-8-22-16(24)10-3-1-2-4-11(10)17(22)25/h1-2,5-6,9-11H,3-4,7-8H2,(H,20,21,23)/t10-,11-/m0/s1. The normalized spacial score (nSPS) is 21.6. The minimum atomic E-state index is -0.270. The van der Waals surface area contributed by atoms with Gasteiger partial charge in [0.25, 0.3) is 0 Å². The Kier molecular flexibility index (Phi) is 5.12. The highest BCUT2D eigenvalue weighted by atomic mass is 35.5. The summed E-state index contributed by atoms with van der Waals surface area (Å²) in [5, 5.41) is 5.07. The number of hydrogen-bond acceptors (Lipinski definition) is 6. The van der Waals surface area contributed by atoms with E-state index in [-0.39, 0.29) is 42.5 Å². The maximum Gasteiger partial charge on any atom is 0.233 e. The summed E-state index contributed by atoms with van der Waals surface area (Å²) in [5.74, 6) is -1.11. The predicted octanol–water partition coefficient (Wildman–Crippen LogP) is 3.80. The molecule has 1 N–H and O–H groups in total. The first-order valence-corrected chi connectivity index (χ1v) is 10.6. The number of amides is 3. The highest BCUT2D eigenvalue weighted by molar-refractivity contribution is 7.20. The number of hydrogen-bond donors (Lipinski definition) is 1. The van der Waals surface area contributed by atoms with Crippen molar-refractivity contribution in [2.24, 2.45) is 11.8 Å². The number of carbonyl (C=O) groups is 3. The summed E-state index contributed by atoms with van der Waals surface area (Å²) in [6.07, 6.45) is 5.16. The molecule has 3 heterocycles. The third-order valence-electron chi connectivity index (χ3n) is 4.74. The summed E-state index contributed by atoms with van der Waals surface area (Å²) in [4.78, 5) is 43.6. The van der Waals surface area contributed by atoms with Crippen molar-refractivity contribution in [3.63, 3.8) is 0 Å². The van der Waals surface area contributed by atoms with E-state index in [0.717, 1.165) is 10.6 Å². The number of anilines is 1. The topological polar surface area (TPSA) is 79.4 Å². The number of likely N-dealkylation sites (tertiary alicyclic amines) is 1. The Hall–Kier alpha value is -2.03. The zero-order chi connectivity index (χ0) is 19.0. The van der Waals surface area contributed by atoms with Crippen LogP contribution in [-0.4, -0.2) is 34.2 Å². The third-order valence-corrected chi connectivity index (χ3v) is 6.75. The minimum absolute atomic E-state index is 0.0596. The van der Waals surface area contributed by atoms with Crippen LogP contribution >= 0.6 is 34.3 Å². The number of aromatic nitrogens is 1. The van der Waals surface area contributed by atoms with Crippen molar-refractivity contribution in [1.82, 2.24) is 9.88 Å². The van der Waals surface area contributed by atoms with E-state index in [9.17, 15) is 14.4 Å². The van der Waals surface area contributed by atoms with Crippen LogP contribution in [0.5, 0.6) is 0 Å². The molecule has 6 nitrogen and oxygen atoms in total. The smallest absolute Gasteiger partial charge is 0.233 e. The van der Waals surface area contributed by atoms with Crippen LogP contribution < -0.4 is 5.32 Å². The molecule has 1 aliphatic heterocycles. The van der Waals surface area contributed by atoms with Crippen molar-refractivity contribution in [3.05, 3.63) is 34.0 Å². The number of thiazole rings is 1. The van der Waals surface area contributed by atoms with Crippen LogP contribution in [0, 0.1) is 11.8 Å². The Balaban J connectivity index is 1.33. The highest BCUT2D eigenvalue weighted by Gasteiger charge is 2.46. The maximum absolute atomic E-state index is 12.4. The van der Waals surface area contributed by atoms with Crippen LogP contribution in [0.15, 0.2) is 29.7 Å². The molecule has 0 bridgehead atoms. The van der Waals surface area contributed by atoms with Crippen molar-refractivity contribution >= 4 is 57.1 Å². The fourth-order valence-electron chi connectivity index (χ4n) is 3.38. The third kappa shape index (κ3) is 3.69. The molecule has 4 rings (SSSR count). The Morgan fingerprint density at radius 3 is 2.56 bits per heavy atom. The molecule has 27 heavy (non-hydrogen) atoms. The molecule has 0 aromatic carbocycles. The van der Waals surface area contributed by atoms with Gasteiger partial charge in [-0.1, -0.05) is 23.8 Å². The average Bonchev–Trinajstić information content (AvgIpc) is 3.35. The van der Waals surface area contributed by atoms with Crippen LogP contribution in [0.2, 0.25) is 4.34 Å². The van der Waals surface area contributed by atoms with Gasteiger partial charge >= 0.3 is 0 Å². The molecule has 1 saturated heterocycles. The zero-order valence-electron chi connectivity index (χ0n) is 14.2. The van der Waals surface area contributed by atoms with E-state index >= 15 is 0 Å². The molecule has 0 saturated carbocycles. The Bertz CT molecular complexity index is 910. The quantitative estimate of drug-likeness (QED) is 0.588. The monoisotopic (exact) mass is 421 g/mol. The van der Waals surface area contributed by atoms with Crippen molar-refractivity contribution in [2.45, 2.75) is 19.3 Å². The molecular formula is C18H16ClN3O3S2. The van der Waals surface area contributed by atoms with Crippen molar-refractivity contribution in [1.29, 1.82) is 0 Å². The Morgan fingerprint density at radius 1 is 1.22 bits per heavy atom. The summed E-state index contributed by atoms with van der Waals surface area (Å²) in [6, 6.07) is 3.68. The molecule has 2 aromatic rings. The summed E-state index contributed by atoms with van der Waals surface area (Å²) < 4.78 is 0.680. The van der Waals surface area contributed by atoms with Gasteiger partial charge in [0.15, 0.2) is 5.13 Å². The second-order valence-corrected chi connectivity index (χ2v) is 9.00. The lowest BCUT2D eigenvalue weighted by Crippen LogP contribution is -2.34. The second kappa shape index (κ2) is 7.53. The number of halogens is 1. The molecule has 0 radical (unpaired) electrons. The molecule has 0 spiro atoms. The first kappa shape index (κ1) is 18.3. The second-order valence-electron chi connectivity index (χ2n) is 6.42. The van der Waals surface area contributed by atoms with Gasteiger partial charge in [-0.15, -0.1) is 22.7 Å². The SMILES string of the molecule is O=C(CCN1C(=O)[C@H]2CC=CC[C@@H]2C1=O)Nc1nc(-c2ccc(Cl)s2)cs1. The molecule has 1 fully saturated rings. The highest BCUT2D eigenvalue weighted by Crippen LogP contribution is 2.35. The molecule has 3 amide bonds. The van der Waals surface area contributed by atoms with Crippen molar-refractivity contribution < 1.29 is 14.4 Å². The van der Waals surface area contributed by atoms with E-state index in [2.05, 4.69) is 10.3 Å². The van der Waals surface area contributed by atoms with E-state index < -0.39 is 0 Å². The molecule has 0 unspecified atom stereocenters. The van der Waals surface area contributed by atoms with Crippen LogP contribution in [0.25, 0.3) is 10.6 Å². The number of thiophene rings is 1. The van der Waals surface area contributed by atoms with Gasteiger partial charge in [0.2, 0.25) is 17.7 Å². The summed E-state index contributed by atoms with van der Waals surface area (Å²) in [5.41, 5.74) is 0.758. The molecule has 2 aliphatic rings. The van der Waals surface area contributed by atoms with Gasteiger partial charge in [-0.25, -0.2) is 4.98 Å². The van der Waals surface area contributed by atoms with Crippen LogP contribution in [0.4, 0.5) is 5.13 Å². The minimum Gasteiger partial charge on any atom is -0.302 e. The molecule has 140 valence electrons. The number of fused-ring (bicyclic) bond motifs is 1. The molecule has 9 heteroatoms. The van der Waals surface area contributed by atoms with E-state index in [1.807, 2.05) is 23.6 Å². The first-order valence-electron chi connectivity index (χ1n) is 8.54. The van der Waals surface area contributed by atoms with Crippen molar-refractivity contribution in [2.75, 3.05) is 11.9 Å². The first-order chi connectivity index (χ1) is 13.0. The number of imide groups is 1. The Labute approximate surface area is 168 Å². The van der Waals surface area contributed by atoms with E-state index in [4.69, 9.17) is 11.6 Å². The predicted molar refractivity (Wildman–Crippen MR) is 106 cm³/mol. The van der Waals surface area contributed by atoms with Crippen LogP contribution in [-0.2, 0) is 14.4 Å². The molecule has 1 aliphatic carbocycles. The van der Waals surface area contributed by atoms with Gasteiger partial charge in [0.1, 0.15) is 0 Å². The lowest BCUT2D eigenvalue weighted by Gasteiger charge is -2.14. The average molecular weight is 422 g/mol. The van der Waals surface area contributed by atoms with E-state index in [0.29, 0.717) is 22.3 Å². The van der Waals surface area contributed by atoms with Crippen molar-refractivity contribution in [3.8, 4) is 10.6 Å².